The lowest BCUT2D eigenvalue weighted by Crippen LogP contribution is -2.37. The third-order valence-corrected chi connectivity index (χ3v) is 3.58. The van der Waals surface area contributed by atoms with Gasteiger partial charge in [-0.15, -0.1) is 0 Å². The van der Waals surface area contributed by atoms with Crippen LogP contribution in [0.2, 0.25) is 0 Å². The molecule has 2 N–H and O–H groups in total. The Labute approximate surface area is 107 Å². The van der Waals surface area contributed by atoms with Crippen LogP contribution in [0.5, 0.6) is 0 Å². The van der Waals surface area contributed by atoms with Gasteiger partial charge in [0.1, 0.15) is 11.9 Å². The van der Waals surface area contributed by atoms with E-state index in [1.54, 1.807) is 12.1 Å². The van der Waals surface area contributed by atoms with Crippen LogP contribution >= 0.6 is 0 Å². The van der Waals surface area contributed by atoms with Crippen molar-refractivity contribution >= 4 is 5.91 Å². The summed E-state index contributed by atoms with van der Waals surface area (Å²) in [7, 11) is 0. The van der Waals surface area contributed by atoms with Crippen LogP contribution in [0, 0.1) is 11.8 Å². The molecule has 1 aromatic rings. The van der Waals surface area contributed by atoms with Crippen molar-refractivity contribution < 1.29 is 14.3 Å². The number of rotatable bonds is 6. The van der Waals surface area contributed by atoms with Crippen molar-refractivity contribution in [3.8, 4) is 0 Å². The average molecular weight is 251 g/mol. The van der Waals surface area contributed by atoms with Crippen molar-refractivity contribution in [1.29, 1.82) is 0 Å². The summed E-state index contributed by atoms with van der Waals surface area (Å²) >= 11 is 0. The second kappa shape index (κ2) is 5.57. The van der Waals surface area contributed by atoms with Crippen LogP contribution in [0.15, 0.2) is 22.8 Å². The lowest BCUT2D eigenvalue weighted by atomic mass is 10.0. The third-order valence-electron chi connectivity index (χ3n) is 3.58. The number of furan rings is 1. The summed E-state index contributed by atoms with van der Waals surface area (Å²) in [5, 5.41) is 12.9. The van der Waals surface area contributed by atoms with Gasteiger partial charge in [0.05, 0.1) is 6.26 Å². The van der Waals surface area contributed by atoms with E-state index < -0.39 is 6.10 Å². The van der Waals surface area contributed by atoms with E-state index in [-0.39, 0.29) is 17.9 Å². The average Bonchev–Trinajstić information content (AvgIpc) is 3.02. The zero-order valence-corrected chi connectivity index (χ0v) is 10.9. The highest BCUT2D eigenvalue weighted by atomic mass is 16.4. The van der Waals surface area contributed by atoms with Crippen molar-refractivity contribution in [1.82, 2.24) is 5.32 Å². The second-order valence-electron chi connectivity index (χ2n) is 5.30. The van der Waals surface area contributed by atoms with Crippen LogP contribution < -0.4 is 5.32 Å². The number of hydrogen-bond acceptors (Lipinski definition) is 3. The molecule has 100 valence electrons. The van der Waals surface area contributed by atoms with Crippen molar-refractivity contribution in [3.63, 3.8) is 0 Å². The fraction of sp³-hybridized carbons (Fsp3) is 0.643. The van der Waals surface area contributed by atoms with E-state index in [0.29, 0.717) is 18.1 Å². The smallest absolute Gasteiger partial charge is 0.223 e. The number of nitrogens with one attached hydrogen (secondary N) is 1. The fourth-order valence-corrected chi connectivity index (χ4v) is 2.18. The number of aliphatic hydroxyl groups excluding tert-OH is 1. The Hall–Kier alpha value is -1.29. The first kappa shape index (κ1) is 13.1. The van der Waals surface area contributed by atoms with Gasteiger partial charge in [-0.25, -0.2) is 0 Å². The molecule has 3 unspecified atom stereocenters. The van der Waals surface area contributed by atoms with Crippen molar-refractivity contribution in [2.75, 3.05) is 0 Å². The Morgan fingerprint density at radius 1 is 1.56 bits per heavy atom. The molecule has 0 radical (unpaired) electrons. The first-order valence-corrected chi connectivity index (χ1v) is 6.59. The number of amides is 1. The van der Waals surface area contributed by atoms with Gasteiger partial charge in [0.25, 0.3) is 0 Å². The largest absolute Gasteiger partial charge is 0.467 e. The zero-order valence-electron chi connectivity index (χ0n) is 10.9. The van der Waals surface area contributed by atoms with Crippen molar-refractivity contribution in [2.24, 2.45) is 11.8 Å². The molecule has 18 heavy (non-hydrogen) atoms. The van der Waals surface area contributed by atoms with E-state index in [2.05, 4.69) is 5.32 Å². The molecule has 1 aliphatic rings. The van der Waals surface area contributed by atoms with Crippen LogP contribution in [-0.4, -0.2) is 17.1 Å². The molecule has 0 aliphatic heterocycles. The maximum atomic E-state index is 11.9. The van der Waals surface area contributed by atoms with Crippen LogP contribution in [0.4, 0.5) is 0 Å². The van der Waals surface area contributed by atoms with Gasteiger partial charge in [-0.3, -0.25) is 4.79 Å². The zero-order chi connectivity index (χ0) is 13.1. The van der Waals surface area contributed by atoms with Gasteiger partial charge in [0, 0.05) is 18.4 Å². The standard InChI is InChI=1S/C14H21NO3/c1-9(8-12(16)13-4-3-7-18-13)15-14(17)10(2)11-5-6-11/h3-4,7,9-12,16H,5-6,8H2,1-2H3,(H,15,17). The summed E-state index contributed by atoms with van der Waals surface area (Å²) in [6.45, 7) is 3.88. The normalized spacial score (nSPS) is 20.2. The molecule has 1 aromatic heterocycles. The Morgan fingerprint density at radius 2 is 2.28 bits per heavy atom. The lowest BCUT2D eigenvalue weighted by Gasteiger charge is -2.19. The highest BCUT2D eigenvalue weighted by Gasteiger charge is 2.33. The van der Waals surface area contributed by atoms with Gasteiger partial charge < -0.3 is 14.8 Å². The van der Waals surface area contributed by atoms with E-state index in [4.69, 9.17) is 4.42 Å². The van der Waals surface area contributed by atoms with Gasteiger partial charge in [-0.05, 0) is 37.8 Å². The Morgan fingerprint density at radius 3 is 2.83 bits per heavy atom. The molecule has 4 heteroatoms. The maximum absolute atomic E-state index is 11.9. The van der Waals surface area contributed by atoms with Crippen LogP contribution in [0.1, 0.15) is 45.0 Å². The topological polar surface area (TPSA) is 62.5 Å². The third kappa shape index (κ3) is 3.35. The van der Waals surface area contributed by atoms with E-state index in [1.807, 2.05) is 13.8 Å². The van der Waals surface area contributed by atoms with E-state index in [9.17, 15) is 9.90 Å². The van der Waals surface area contributed by atoms with Crippen molar-refractivity contribution in [3.05, 3.63) is 24.2 Å². The molecular weight excluding hydrogens is 230 g/mol. The second-order valence-corrected chi connectivity index (χ2v) is 5.30. The first-order chi connectivity index (χ1) is 8.58. The predicted octanol–water partition coefficient (Wildman–Crippen LogP) is 2.25. The maximum Gasteiger partial charge on any atom is 0.223 e. The van der Waals surface area contributed by atoms with E-state index in [1.165, 1.54) is 6.26 Å². The quantitative estimate of drug-likeness (QED) is 0.815. The van der Waals surface area contributed by atoms with Gasteiger partial charge in [0.15, 0.2) is 0 Å². The van der Waals surface area contributed by atoms with Gasteiger partial charge in [0.2, 0.25) is 5.91 Å². The first-order valence-electron chi connectivity index (χ1n) is 6.59. The minimum Gasteiger partial charge on any atom is -0.467 e. The summed E-state index contributed by atoms with van der Waals surface area (Å²) in [4.78, 5) is 11.9. The summed E-state index contributed by atoms with van der Waals surface area (Å²) < 4.78 is 5.13. The predicted molar refractivity (Wildman–Crippen MR) is 67.8 cm³/mol. The molecule has 1 aliphatic carbocycles. The number of hydrogen-bond donors (Lipinski definition) is 2. The molecular formula is C14H21NO3. The molecule has 3 atom stereocenters. The van der Waals surface area contributed by atoms with Gasteiger partial charge in [-0.2, -0.15) is 0 Å². The van der Waals surface area contributed by atoms with E-state index in [0.717, 1.165) is 12.8 Å². The Balaban J connectivity index is 1.77. The van der Waals surface area contributed by atoms with Gasteiger partial charge in [-0.1, -0.05) is 6.92 Å². The number of carbonyl (C=O) groups excluding carboxylic acids is 1. The van der Waals surface area contributed by atoms with Crippen LogP contribution in [0.3, 0.4) is 0 Å². The number of carbonyl (C=O) groups is 1. The summed E-state index contributed by atoms with van der Waals surface area (Å²) in [5.41, 5.74) is 0. The summed E-state index contributed by atoms with van der Waals surface area (Å²) in [6, 6.07) is 3.43. The molecule has 1 amide bonds. The highest BCUT2D eigenvalue weighted by Crippen LogP contribution is 2.36. The molecule has 0 bridgehead atoms. The molecule has 2 rings (SSSR count). The molecule has 0 spiro atoms. The lowest BCUT2D eigenvalue weighted by molar-refractivity contribution is -0.125. The van der Waals surface area contributed by atoms with Gasteiger partial charge >= 0.3 is 0 Å². The highest BCUT2D eigenvalue weighted by molar-refractivity contribution is 5.79. The molecule has 0 aromatic carbocycles. The summed E-state index contributed by atoms with van der Waals surface area (Å²) in [5.74, 6) is 1.29. The molecule has 4 nitrogen and oxygen atoms in total. The summed E-state index contributed by atoms with van der Waals surface area (Å²) in [6.07, 6.45) is 3.68. The van der Waals surface area contributed by atoms with Crippen molar-refractivity contribution in [2.45, 2.75) is 45.3 Å². The Bertz CT molecular complexity index is 384. The fourth-order valence-electron chi connectivity index (χ4n) is 2.18. The van der Waals surface area contributed by atoms with Crippen LogP contribution in [0.25, 0.3) is 0 Å². The molecule has 1 saturated carbocycles. The molecule has 1 heterocycles. The minimum atomic E-state index is -0.661. The van der Waals surface area contributed by atoms with Crippen LogP contribution in [-0.2, 0) is 4.79 Å². The number of aliphatic hydroxyl groups is 1. The van der Waals surface area contributed by atoms with E-state index >= 15 is 0 Å². The molecule has 0 saturated heterocycles. The minimum absolute atomic E-state index is 0.0567. The monoisotopic (exact) mass is 251 g/mol. The SMILES string of the molecule is CC(CC(O)c1ccco1)NC(=O)C(C)C1CC1. The molecule has 1 fully saturated rings. The Kier molecular flexibility index (Phi) is 4.07.